The lowest BCUT2D eigenvalue weighted by Crippen LogP contribution is -2.43. The molecule has 144 valence electrons. The number of aryl methyl sites for hydroxylation is 1. The molecule has 2 heterocycles. The van der Waals surface area contributed by atoms with Crippen molar-refractivity contribution in [3.05, 3.63) is 59.2 Å². The molecule has 0 aliphatic carbocycles. The molecule has 8 heteroatoms. The summed E-state index contributed by atoms with van der Waals surface area (Å²) in [4.78, 5) is 2.49. The van der Waals surface area contributed by atoms with Gasteiger partial charge in [0.15, 0.2) is 0 Å². The van der Waals surface area contributed by atoms with E-state index in [0.29, 0.717) is 16.2 Å². The summed E-state index contributed by atoms with van der Waals surface area (Å²) in [6.07, 6.45) is 0. The van der Waals surface area contributed by atoms with Crippen molar-refractivity contribution >= 4 is 50.6 Å². The highest BCUT2D eigenvalue weighted by Crippen LogP contribution is 2.32. The highest BCUT2D eigenvalue weighted by atomic mass is 35.5. The third-order valence-corrected chi connectivity index (χ3v) is 6.79. The molecule has 0 radical (unpaired) electrons. The number of hydrogen-bond donors (Lipinski definition) is 1. The van der Waals surface area contributed by atoms with Crippen molar-refractivity contribution < 1.29 is 8.42 Å². The molecule has 0 atom stereocenters. The monoisotopic (exact) mass is 425 g/mol. The van der Waals surface area contributed by atoms with Crippen LogP contribution < -0.4 is 10.2 Å². The number of nitrogens with zero attached hydrogens (tertiary/aromatic N) is 2. The van der Waals surface area contributed by atoms with Crippen molar-refractivity contribution in [2.24, 2.45) is 0 Å². The third kappa shape index (κ3) is 3.55. The number of fused-ring (bicyclic) bond motifs is 1. The van der Waals surface area contributed by atoms with E-state index >= 15 is 0 Å². The molecule has 0 amide bonds. The lowest BCUT2D eigenvalue weighted by molar-refractivity contribution is 0.588. The van der Waals surface area contributed by atoms with Gasteiger partial charge in [-0.1, -0.05) is 23.7 Å². The molecule has 0 saturated carbocycles. The molecule has 1 aliphatic heterocycles. The lowest BCUT2D eigenvalue weighted by atomic mass is 10.2. The zero-order valence-corrected chi connectivity index (χ0v) is 17.2. The van der Waals surface area contributed by atoms with Gasteiger partial charge in [0.2, 0.25) is 0 Å². The highest BCUT2D eigenvalue weighted by Gasteiger charge is 2.24. The normalized spacial score (nSPS) is 15.0. The minimum atomic E-state index is -3.72. The van der Waals surface area contributed by atoms with E-state index in [-0.39, 0.29) is 17.3 Å². The number of nitrogens with one attached hydrogen (secondary N) is 1. The van der Waals surface area contributed by atoms with Crippen molar-refractivity contribution in [1.82, 2.24) is 9.29 Å². The van der Waals surface area contributed by atoms with Crippen LogP contribution in [-0.2, 0) is 10.0 Å². The Kier molecular flexibility index (Phi) is 5.72. The van der Waals surface area contributed by atoms with Crippen LogP contribution in [0.1, 0.15) is 5.69 Å². The first-order valence-corrected chi connectivity index (χ1v) is 10.4. The smallest absolute Gasteiger partial charge is 0.268 e. The maximum Gasteiger partial charge on any atom is 0.268 e. The summed E-state index contributed by atoms with van der Waals surface area (Å²) in [5, 5.41) is 4.71. The number of hydrogen-bond acceptors (Lipinski definition) is 4. The molecule has 3 aromatic rings. The van der Waals surface area contributed by atoms with Gasteiger partial charge in [0.25, 0.3) is 10.0 Å². The average molecular weight is 426 g/mol. The van der Waals surface area contributed by atoms with E-state index in [4.69, 9.17) is 11.6 Å². The number of aromatic nitrogens is 1. The van der Waals surface area contributed by atoms with E-state index in [1.165, 1.54) is 10.0 Å². The fourth-order valence-corrected chi connectivity index (χ4v) is 5.40. The second-order valence-corrected chi connectivity index (χ2v) is 8.68. The minimum absolute atomic E-state index is 0. The van der Waals surface area contributed by atoms with Crippen LogP contribution >= 0.6 is 24.0 Å². The number of anilines is 1. The number of piperazine rings is 1. The first-order chi connectivity index (χ1) is 12.5. The van der Waals surface area contributed by atoms with Crippen LogP contribution in [0.25, 0.3) is 10.9 Å². The van der Waals surface area contributed by atoms with Gasteiger partial charge in [0.05, 0.1) is 10.4 Å². The van der Waals surface area contributed by atoms with Crippen molar-refractivity contribution in [1.29, 1.82) is 0 Å². The Balaban J connectivity index is 0.00000210. The summed E-state index contributed by atoms with van der Waals surface area (Å²) < 4.78 is 27.9. The summed E-state index contributed by atoms with van der Waals surface area (Å²) >= 11 is 6.01. The van der Waals surface area contributed by atoms with Gasteiger partial charge in [0, 0.05) is 48.0 Å². The Hall–Kier alpha value is -1.73. The highest BCUT2D eigenvalue weighted by molar-refractivity contribution is 7.90. The second kappa shape index (κ2) is 7.72. The van der Waals surface area contributed by atoms with E-state index < -0.39 is 10.0 Å². The van der Waals surface area contributed by atoms with Gasteiger partial charge in [-0.25, -0.2) is 12.4 Å². The molecule has 1 aliphatic rings. The first-order valence-electron chi connectivity index (χ1n) is 8.56. The van der Waals surface area contributed by atoms with Crippen LogP contribution in [-0.4, -0.2) is 38.6 Å². The van der Waals surface area contributed by atoms with Crippen molar-refractivity contribution in [3.63, 3.8) is 0 Å². The number of benzene rings is 2. The maximum absolute atomic E-state index is 13.3. The molecule has 5 nitrogen and oxygen atoms in total. The van der Waals surface area contributed by atoms with Crippen LogP contribution in [0.3, 0.4) is 0 Å². The van der Waals surface area contributed by atoms with Gasteiger partial charge >= 0.3 is 0 Å². The lowest BCUT2D eigenvalue weighted by Gasteiger charge is -2.30. The topological polar surface area (TPSA) is 54.3 Å². The molecule has 1 aromatic heterocycles. The number of rotatable bonds is 3. The molecule has 4 rings (SSSR count). The van der Waals surface area contributed by atoms with E-state index in [1.807, 2.05) is 25.1 Å². The molecular weight excluding hydrogens is 405 g/mol. The average Bonchev–Trinajstić information content (AvgIpc) is 2.99. The van der Waals surface area contributed by atoms with E-state index in [0.717, 1.165) is 37.3 Å². The summed E-state index contributed by atoms with van der Waals surface area (Å²) in [5.74, 6) is 0. The van der Waals surface area contributed by atoms with Crippen molar-refractivity contribution in [2.45, 2.75) is 11.8 Å². The van der Waals surface area contributed by atoms with Gasteiger partial charge in [0.1, 0.15) is 0 Å². The van der Waals surface area contributed by atoms with Gasteiger partial charge in [-0.05, 0) is 43.3 Å². The van der Waals surface area contributed by atoms with Crippen molar-refractivity contribution in [3.8, 4) is 0 Å². The Morgan fingerprint density at radius 3 is 2.44 bits per heavy atom. The largest absolute Gasteiger partial charge is 0.368 e. The van der Waals surface area contributed by atoms with E-state index in [2.05, 4.69) is 16.3 Å². The fraction of sp³-hybridized carbons (Fsp3) is 0.263. The van der Waals surface area contributed by atoms with Crippen LogP contribution in [0.2, 0.25) is 5.02 Å². The Bertz CT molecular complexity index is 1070. The maximum atomic E-state index is 13.3. The predicted molar refractivity (Wildman–Crippen MR) is 113 cm³/mol. The van der Waals surface area contributed by atoms with Crippen LogP contribution in [0, 0.1) is 6.92 Å². The molecule has 0 unspecified atom stereocenters. The van der Waals surface area contributed by atoms with Gasteiger partial charge in [-0.15, -0.1) is 12.4 Å². The number of halogens is 2. The molecule has 1 fully saturated rings. The Morgan fingerprint density at radius 1 is 1.04 bits per heavy atom. The predicted octanol–water partition coefficient (Wildman–Crippen LogP) is 3.67. The minimum Gasteiger partial charge on any atom is -0.368 e. The molecule has 1 N–H and O–H groups in total. The van der Waals surface area contributed by atoms with Crippen LogP contribution in [0.4, 0.5) is 5.69 Å². The standard InChI is InChI=1S/C19H20ClN3O2S.ClH/c1-14-12-17-18(22-10-8-21-9-11-22)6-3-7-19(17)23(14)26(24,25)16-5-2-4-15(20)13-16;/h2-7,12-13,21H,8-11H2,1H3;1H. The molecular formula is C19H21Cl2N3O2S. The summed E-state index contributed by atoms with van der Waals surface area (Å²) in [6, 6.07) is 14.2. The zero-order chi connectivity index (χ0) is 18.3. The molecule has 1 saturated heterocycles. The summed E-state index contributed by atoms with van der Waals surface area (Å²) in [5.41, 5.74) is 2.45. The zero-order valence-electron chi connectivity index (χ0n) is 14.9. The Morgan fingerprint density at radius 2 is 1.74 bits per heavy atom. The summed E-state index contributed by atoms with van der Waals surface area (Å²) in [7, 11) is -3.72. The fourth-order valence-electron chi connectivity index (χ4n) is 3.56. The molecule has 27 heavy (non-hydrogen) atoms. The Labute approximate surface area is 170 Å². The SMILES string of the molecule is Cc1cc2c(N3CCNCC3)cccc2n1S(=O)(=O)c1cccc(Cl)c1.Cl. The van der Waals surface area contributed by atoms with Crippen molar-refractivity contribution in [2.75, 3.05) is 31.1 Å². The van der Waals surface area contributed by atoms with E-state index in [1.54, 1.807) is 18.2 Å². The summed E-state index contributed by atoms with van der Waals surface area (Å²) in [6.45, 7) is 5.49. The van der Waals surface area contributed by atoms with Gasteiger partial charge in [-0.2, -0.15) is 0 Å². The second-order valence-electron chi connectivity index (χ2n) is 6.46. The van der Waals surface area contributed by atoms with Crippen LogP contribution in [0.15, 0.2) is 53.4 Å². The quantitative estimate of drug-likeness (QED) is 0.695. The molecule has 2 aromatic carbocycles. The third-order valence-electron chi connectivity index (χ3n) is 4.74. The molecule has 0 spiro atoms. The first kappa shape index (κ1) is 20.0. The van der Waals surface area contributed by atoms with Gasteiger partial charge in [-0.3, -0.25) is 0 Å². The molecule has 0 bridgehead atoms. The van der Waals surface area contributed by atoms with Crippen LogP contribution in [0.5, 0.6) is 0 Å². The van der Waals surface area contributed by atoms with Gasteiger partial charge < -0.3 is 10.2 Å². The van der Waals surface area contributed by atoms with E-state index in [9.17, 15) is 8.42 Å².